The molecule has 1 aliphatic rings. The summed E-state index contributed by atoms with van der Waals surface area (Å²) in [4.78, 5) is 14.5. The van der Waals surface area contributed by atoms with E-state index in [4.69, 9.17) is 5.73 Å². The van der Waals surface area contributed by atoms with E-state index >= 15 is 0 Å². The zero-order valence-corrected chi connectivity index (χ0v) is 12.7. The van der Waals surface area contributed by atoms with Gasteiger partial charge in [-0.25, -0.2) is 0 Å². The largest absolute Gasteiger partial charge is 0.341 e. The Labute approximate surface area is 131 Å². The van der Waals surface area contributed by atoms with Gasteiger partial charge in [-0.3, -0.25) is 4.79 Å². The van der Waals surface area contributed by atoms with Crippen molar-refractivity contribution in [2.75, 3.05) is 13.1 Å². The van der Waals surface area contributed by atoms with Crippen LogP contribution in [0.2, 0.25) is 0 Å². The fourth-order valence-corrected chi connectivity index (χ4v) is 3.16. The zero-order chi connectivity index (χ0) is 15.4. The number of rotatable bonds is 3. The van der Waals surface area contributed by atoms with Crippen LogP contribution in [-0.2, 0) is 4.79 Å². The minimum absolute atomic E-state index is 0.0395. The molecule has 1 saturated heterocycles. The lowest BCUT2D eigenvalue weighted by molar-refractivity contribution is -0.133. The molecule has 1 fully saturated rings. The number of nitrogens with zero attached hydrogens (tertiary/aromatic N) is 1. The lowest BCUT2D eigenvalue weighted by atomic mass is 9.89. The monoisotopic (exact) mass is 294 g/mol. The number of likely N-dealkylation sites (tertiary alicyclic amines) is 1. The second kappa shape index (κ2) is 6.75. The summed E-state index contributed by atoms with van der Waals surface area (Å²) in [6.07, 6.45) is 2.02. The number of amides is 1. The Kier molecular flexibility index (Phi) is 4.54. The Hall–Kier alpha value is -2.13. The quantitative estimate of drug-likeness (QED) is 0.945. The van der Waals surface area contributed by atoms with Crippen molar-refractivity contribution in [3.05, 3.63) is 71.8 Å². The molecule has 0 bridgehead atoms. The van der Waals surface area contributed by atoms with Gasteiger partial charge in [-0.1, -0.05) is 60.7 Å². The van der Waals surface area contributed by atoms with Crippen molar-refractivity contribution >= 4 is 5.91 Å². The number of carbonyl (C=O) groups is 1. The van der Waals surface area contributed by atoms with Gasteiger partial charge in [-0.2, -0.15) is 0 Å². The van der Waals surface area contributed by atoms with Crippen LogP contribution in [0.5, 0.6) is 0 Å². The lowest BCUT2D eigenvalue weighted by Crippen LogP contribution is -2.42. The van der Waals surface area contributed by atoms with Gasteiger partial charge in [0.15, 0.2) is 0 Å². The minimum atomic E-state index is -0.547. The molecule has 1 amide bonds. The van der Waals surface area contributed by atoms with Gasteiger partial charge in [0.2, 0.25) is 5.91 Å². The third-order valence-electron chi connectivity index (χ3n) is 4.50. The molecule has 2 aromatic rings. The van der Waals surface area contributed by atoms with E-state index in [0.717, 1.165) is 31.5 Å². The molecule has 0 spiro atoms. The molecule has 1 heterocycles. The first-order valence-corrected chi connectivity index (χ1v) is 7.90. The maximum absolute atomic E-state index is 12.5. The van der Waals surface area contributed by atoms with E-state index < -0.39 is 6.04 Å². The molecule has 0 aliphatic carbocycles. The molecule has 3 nitrogen and oxygen atoms in total. The SMILES string of the molecule is N[C@H](C(=O)N1CCC(c2ccccc2)CC1)c1ccccc1. The van der Waals surface area contributed by atoms with Gasteiger partial charge in [-0.15, -0.1) is 0 Å². The second-order valence-corrected chi connectivity index (χ2v) is 5.90. The molecule has 2 N–H and O–H groups in total. The van der Waals surface area contributed by atoms with Crippen molar-refractivity contribution < 1.29 is 4.79 Å². The van der Waals surface area contributed by atoms with Crippen LogP contribution in [0, 0.1) is 0 Å². The Morgan fingerprint density at radius 2 is 1.50 bits per heavy atom. The summed E-state index contributed by atoms with van der Waals surface area (Å²) in [5.41, 5.74) is 8.39. The molecular weight excluding hydrogens is 272 g/mol. The summed E-state index contributed by atoms with van der Waals surface area (Å²) in [6.45, 7) is 1.58. The third-order valence-corrected chi connectivity index (χ3v) is 4.50. The first kappa shape index (κ1) is 14.8. The first-order valence-electron chi connectivity index (χ1n) is 7.90. The van der Waals surface area contributed by atoms with Crippen molar-refractivity contribution in [2.45, 2.75) is 24.8 Å². The summed E-state index contributed by atoms with van der Waals surface area (Å²) < 4.78 is 0. The van der Waals surface area contributed by atoms with E-state index in [2.05, 4.69) is 24.3 Å². The summed E-state index contributed by atoms with van der Waals surface area (Å²) in [5.74, 6) is 0.593. The molecule has 3 heteroatoms. The molecule has 2 aromatic carbocycles. The van der Waals surface area contributed by atoms with Crippen molar-refractivity contribution in [1.82, 2.24) is 4.90 Å². The van der Waals surface area contributed by atoms with Crippen LogP contribution in [-0.4, -0.2) is 23.9 Å². The van der Waals surface area contributed by atoms with Gasteiger partial charge in [0.25, 0.3) is 0 Å². The molecule has 1 atom stereocenters. The van der Waals surface area contributed by atoms with Crippen molar-refractivity contribution in [1.29, 1.82) is 0 Å². The van der Waals surface area contributed by atoms with E-state index in [9.17, 15) is 4.79 Å². The lowest BCUT2D eigenvalue weighted by Gasteiger charge is -2.33. The highest BCUT2D eigenvalue weighted by atomic mass is 16.2. The number of hydrogen-bond acceptors (Lipinski definition) is 2. The van der Waals surface area contributed by atoms with E-state index in [-0.39, 0.29) is 5.91 Å². The number of nitrogens with two attached hydrogens (primary N) is 1. The molecule has 0 unspecified atom stereocenters. The Balaban J connectivity index is 1.60. The van der Waals surface area contributed by atoms with E-state index in [0.29, 0.717) is 5.92 Å². The average molecular weight is 294 g/mol. The van der Waals surface area contributed by atoms with Gasteiger partial charge in [0, 0.05) is 13.1 Å². The summed E-state index contributed by atoms with van der Waals surface area (Å²) in [6, 6.07) is 19.6. The van der Waals surface area contributed by atoms with Gasteiger partial charge < -0.3 is 10.6 Å². The summed E-state index contributed by atoms with van der Waals surface area (Å²) in [5, 5.41) is 0. The molecule has 22 heavy (non-hydrogen) atoms. The highest BCUT2D eigenvalue weighted by Gasteiger charge is 2.27. The maximum atomic E-state index is 12.5. The fraction of sp³-hybridized carbons (Fsp3) is 0.316. The van der Waals surface area contributed by atoms with E-state index in [1.54, 1.807) is 0 Å². The predicted octanol–water partition coefficient (Wildman–Crippen LogP) is 3.09. The standard InChI is InChI=1S/C19H22N2O/c20-18(17-9-5-2-6-10-17)19(22)21-13-11-16(12-14-21)15-7-3-1-4-8-15/h1-10,16,18H,11-14,20H2/t18-/m0/s1. The second-order valence-electron chi connectivity index (χ2n) is 5.90. The molecule has 114 valence electrons. The molecule has 0 saturated carbocycles. The van der Waals surface area contributed by atoms with Crippen molar-refractivity contribution in [3.63, 3.8) is 0 Å². The van der Waals surface area contributed by atoms with Crippen LogP contribution in [0.1, 0.15) is 35.9 Å². The first-order chi connectivity index (χ1) is 10.8. The number of benzene rings is 2. The predicted molar refractivity (Wildman–Crippen MR) is 88.4 cm³/mol. The number of hydrogen-bond donors (Lipinski definition) is 1. The van der Waals surface area contributed by atoms with Crippen molar-refractivity contribution in [3.8, 4) is 0 Å². The van der Waals surface area contributed by atoms with Crippen LogP contribution >= 0.6 is 0 Å². The summed E-state index contributed by atoms with van der Waals surface area (Å²) in [7, 11) is 0. The van der Waals surface area contributed by atoms with Gasteiger partial charge in [-0.05, 0) is 29.9 Å². The average Bonchev–Trinajstić information content (AvgIpc) is 2.62. The molecular formula is C19H22N2O. The summed E-state index contributed by atoms with van der Waals surface area (Å²) >= 11 is 0. The molecule has 1 aliphatic heterocycles. The minimum Gasteiger partial charge on any atom is -0.341 e. The third kappa shape index (κ3) is 3.20. The van der Waals surface area contributed by atoms with Crippen LogP contribution in [0.25, 0.3) is 0 Å². The molecule has 0 radical (unpaired) electrons. The van der Waals surface area contributed by atoms with Crippen LogP contribution in [0.4, 0.5) is 0 Å². The van der Waals surface area contributed by atoms with Crippen LogP contribution < -0.4 is 5.73 Å². The Bertz CT molecular complexity index is 604. The highest BCUT2D eigenvalue weighted by Crippen LogP contribution is 2.28. The van der Waals surface area contributed by atoms with Gasteiger partial charge in [0.1, 0.15) is 6.04 Å². The fourth-order valence-electron chi connectivity index (χ4n) is 3.16. The van der Waals surface area contributed by atoms with E-state index in [1.807, 2.05) is 41.3 Å². The topological polar surface area (TPSA) is 46.3 Å². The highest BCUT2D eigenvalue weighted by molar-refractivity contribution is 5.83. The smallest absolute Gasteiger partial charge is 0.244 e. The van der Waals surface area contributed by atoms with Crippen LogP contribution in [0.3, 0.4) is 0 Å². The number of piperidine rings is 1. The Morgan fingerprint density at radius 3 is 2.09 bits per heavy atom. The zero-order valence-electron chi connectivity index (χ0n) is 12.7. The number of carbonyl (C=O) groups excluding carboxylic acids is 1. The maximum Gasteiger partial charge on any atom is 0.244 e. The molecule has 0 aromatic heterocycles. The molecule has 3 rings (SSSR count). The van der Waals surface area contributed by atoms with Gasteiger partial charge >= 0.3 is 0 Å². The Morgan fingerprint density at radius 1 is 0.955 bits per heavy atom. The van der Waals surface area contributed by atoms with E-state index in [1.165, 1.54) is 5.56 Å². The normalized spacial score (nSPS) is 17.2. The van der Waals surface area contributed by atoms with Crippen molar-refractivity contribution in [2.24, 2.45) is 5.73 Å². The van der Waals surface area contributed by atoms with Crippen LogP contribution in [0.15, 0.2) is 60.7 Å². The van der Waals surface area contributed by atoms with Gasteiger partial charge in [0.05, 0.1) is 0 Å².